The van der Waals surface area contributed by atoms with Crippen LogP contribution in [-0.4, -0.2) is 88.4 Å². The summed E-state index contributed by atoms with van der Waals surface area (Å²) in [4.78, 5) is 17.5. The average Bonchev–Trinajstić information content (AvgIpc) is 3.44. The lowest BCUT2D eigenvalue weighted by Gasteiger charge is -2.39. The van der Waals surface area contributed by atoms with Crippen LogP contribution in [0.4, 0.5) is 17.5 Å². The second-order valence-corrected chi connectivity index (χ2v) is 12.8. The highest BCUT2D eigenvalue weighted by Crippen LogP contribution is 2.31. The maximum absolute atomic E-state index is 11.4. The van der Waals surface area contributed by atoms with Gasteiger partial charge in [-0.2, -0.15) is 15.1 Å². The molecule has 1 saturated heterocycles. The van der Waals surface area contributed by atoms with E-state index in [1.165, 1.54) is 19.1 Å². The number of ether oxygens (including phenoxy) is 1. The Morgan fingerprint density at radius 2 is 1.91 bits per heavy atom. The fourth-order valence-electron chi connectivity index (χ4n) is 4.74. The number of aromatic nitrogens is 5. The van der Waals surface area contributed by atoms with Gasteiger partial charge >= 0.3 is 0 Å². The van der Waals surface area contributed by atoms with Crippen molar-refractivity contribution in [1.82, 2.24) is 29.6 Å². The van der Waals surface area contributed by atoms with E-state index >= 15 is 0 Å². The molecule has 3 aromatic heterocycles. The quantitative estimate of drug-likeness (QED) is 0.457. The van der Waals surface area contributed by atoms with E-state index in [0.29, 0.717) is 30.3 Å². The third-order valence-electron chi connectivity index (χ3n) is 6.55. The normalized spacial score (nSPS) is 21.9. The number of hydrogen-bond acceptors (Lipinski definition) is 11. The summed E-state index contributed by atoms with van der Waals surface area (Å²) < 4.78 is 30.0. The van der Waals surface area contributed by atoms with Crippen LogP contribution in [0.25, 0.3) is 10.3 Å². The maximum Gasteiger partial charge on any atom is 0.230 e. The van der Waals surface area contributed by atoms with Gasteiger partial charge < -0.3 is 15.4 Å². The highest BCUT2D eigenvalue weighted by Gasteiger charge is 2.27. The first-order chi connectivity index (χ1) is 16.8. The minimum Gasteiger partial charge on any atom is -0.379 e. The van der Waals surface area contributed by atoms with Crippen molar-refractivity contribution >= 4 is 49.0 Å². The van der Waals surface area contributed by atoms with Gasteiger partial charge in [0.05, 0.1) is 42.4 Å². The van der Waals surface area contributed by atoms with Crippen LogP contribution in [0.1, 0.15) is 30.7 Å². The Hall–Kier alpha value is -2.35. The zero-order chi connectivity index (χ0) is 24.4. The Labute approximate surface area is 209 Å². The topological polar surface area (TPSA) is 127 Å². The largest absolute Gasteiger partial charge is 0.379 e. The molecule has 0 unspecified atom stereocenters. The lowest BCUT2D eigenvalue weighted by Crippen LogP contribution is -2.46. The minimum absolute atomic E-state index is 0.0403. The number of morpholine rings is 1. The highest BCUT2D eigenvalue weighted by atomic mass is 32.2. The van der Waals surface area contributed by atoms with Crippen molar-refractivity contribution in [2.24, 2.45) is 0 Å². The van der Waals surface area contributed by atoms with Gasteiger partial charge in [-0.15, -0.1) is 0 Å². The van der Waals surface area contributed by atoms with Gasteiger partial charge in [-0.1, -0.05) is 11.3 Å². The van der Waals surface area contributed by atoms with Gasteiger partial charge in [-0.25, -0.2) is 13.4 Å². The maximum atomic E-state index is 11.4. The number of aryl methyl sites for hydroxylation is 2. The van der Waals surface area contributed by atoms with E-state index in [-0.39, 0.29) is 5.75 Å². The monoisotopic (exact) mass is 520 g/mol. The first-order valence-electron chi connectivity index (χ1n) is 12.0. The SMILES string of the molecule is Cc1nc2c(NC3CCC(N4CCOCC4)CC3)nc(Nc3cnn(CCS(C)(=O)=O)c3)nc2s1. The summed E-state index contributed by atoms with van der Waals surface area (Å²) in [5, 5.41) is 12.1. The van der Waals surface area contributed by atoms with Crippen LogP contribution < -0.4 is 10.6 Å². The number of hydrogen-bond donors (Lipinski definition) is 2. The molecule has 11 nitrogen and oxygen atoms in total. The number of nitrogens with zero attached hydrogens (tertiary/aromatic N) is 6. The zero-order valence-corrected chi connectivity index (χ0v) is 21.7. The van der Waals surface area contributed by atoms with Crippen molar-refractivity contribution in [2.75, 3.05) is 48.9 Å². The van der Waals surface area contributed by atoms with Gasteiger partial charge in [-0.05, 0) is 32.6 Å². The van der Waals surface area contributed by atoms with Gasteiger partial charge in [0.25, 0.3) is 0 Å². The number of rotatable bonds is 8. The third-order valence-corrected chi connectivity index (χ3v) is 8.33. The average molecular weight is 521 g/mol. The van der Waals surface area contributed by atoms with Gasteiger partial charge in [0.15, 0.2) is 10.6 Å². The molecule has 1 aliphatic carbocycles. The molecule has 2 aliphatic rings. The molecule has 35 heavy (non-hydrogen) atoms. The van der Waals surface area contributed by atoms with Gasteiger partial charge in [-0.3, -0.25) is 9.58 Å². The molecule has 13 heteroatoms. The molecular formula is C22H32N8O3S2. The Morgan fingerprint density at radius 1 is 1.14 bits per heavy atom. The van der Waals surface area contributed by atoms with E-state index in [2.05, 4.69) is 30.6 Å². The van der Waals surface area contributed by atoms with Crippen LogP contribution in [0.2, 0.25) is 0 Å². The predicted octanol–water partition coefficient (Wildman–Crippen LogP) is 2.43. The Morgan fingerprint density at radius 3 is 2.66 bits per heavy atom. The zero-order valence-electron chi connectivity index (χ0n) is 20.1. The van der Waals surface area contributed by atoms with E-state index < -0.39 is 9.84 Å². The molecule has 5 rings (SSSR count). The molecule has 0 radical (unpaired) electrons. The molecular weight excluding hydrogens is 488 g/mol. The number of sulfone groups is 1. The van der Waals surface area contributed by atoms with Crippen LogP contribution in [0.3, 0.4) is 0 Å². The predicted molar refractivity (Wildman–Crippen MR) is 137 cm³/mol. The Kier molecular flexibility index (Phi) is 7.19. The van der Waals surface area contributed by atoms with Crippen molar-refractivity contribution in [1.29, 1.82) is 0 Å². The number of anilines is 3. The molecule has 4 heterocycles. The van der Waals surface area contributed by atoms with Crippen LogP contribution in [0.15, 0.2) is 12.4 Å². The van der Waals surface area contributed by atoms with Crippen LogP contribution >= 0.6 is 11.3 Å². The lowest BCUT2D eigenvalue weighted by atomic mass is 9.90. The third kappa shape index (κ3) is 6.26. The van der Waals surface area contributed by atoms with Crippen molar-refractivity contribution < 1.29 is 13.2 Å². The van der Waals surface area contributed by atoms with E-state index in [9.17, 15) is 8.42 Å². The highest BCUT2D eigenvalue weighted by molar-refractivity contribution is 7.90. The molecule has 1 saturated carbocycles. The van der Waals surface area contributed by atoms with Crippen molar-refractivity contribution in [3.8, 4) is 0 Å². The second kappa shape index (κ2) is 10.3. The Bertz CT molecular complexity index is 1260. The van der Waals surface area contributed by atoms with E-state index in [0.717, 1.165) is 60.3 Å². The number of thiazole rings is 1. The fourth-order valence-corrected chi connectivity index (χ4v) is 6.05. The standard InChI is InChI=1S/C22H32N8O3S2/c1-15-24-19-20(25-16-3-5-18(6-4-16)29-7-10-33-11-8-29)27-22(28-21(19)34-15)26-17-13-23-30(14-17)9-12-35(2,31)32/h13-14,16,18H,3-12H2,1-2H3,(H2,25,26,27,28). The molecule has 2 N–H and O–H groups in total. The molecule has 1 aliphatic heterocycles. The first kappa shape index (κ1) is 24.3. The van der Waals surface area contributed by atoms with Gasteiger partial charge in [0.2, 0.25) is 5.95 Å². The fraction of sp³-hybridized carbons (Fsp3) is 0.636. The summed E-state index contributed by atoms with van der Waals surface area (Å²) in [6.07, 6.45) is 9.14. The van der Waals surface area contributed by atoms with Gasteiger partial charge in [0.1, 0.15) is 15.4 Å². The van der Waals surface area contributed by atoms with Crippen molar-refractivity contribution in [2.45, 2.75) is 51.2 Å². The summed E-state index contributed by atoms with van der Waals surface area (Å²) in [5.74, 6) is 1.26. The van der Waals surface area contributed by atoms with E-state index in [1.807, 2.05) is 6.92 Å². The summed E-state index contributed by atoms with van der Waals surface area (Å²) in [6.45, 7) is 6.02. The Balaban J connectivity index is 1.27. The summed E-state index contributed by atoms with van der Waals surface area (Å²) >= 11 is 1.54. The number of nitrogens with one attached hydrogen (secondary N) is 2. The van der Waals surface area contributed by atoms with E-state index in [1.54, 1.807) is 28.4 Å². The molecule has 0 aromatic carbocycles. The van der Waals surface area contributed by atoms with E-state index in [4.69, 9.17) is 9.72 Å². The molecule has 3 aromatic rings. The summed E-state index contributed by atoms with van der Waals surface area (Å²) in [6, 6.07) is 0.985. The first-order valence-corrected chi connectivity index (χ1v) is 14.9. The molecule has 0 atom stereocenters. The molecule has 190 valence electrons. The molecule has 0 amide bonds. The van der Waals surface area contributed by atoms with Crippen LogP contribution in [-0.2, 0) is 21.1 Å². The van der Waals surface area contributed by atoms with Crippen molar-refractivity contribution in [3.63, 3.8) is 0 Å². The van der Waals surface area contributed by atoms with Crippen molar-refractivity contribution in [3.05, 3.63) is 17.4 Å². The van der Waals surface area contributed by atoms with Crippen LogP contribution in [0.5, 0.6) is 0 Å². The molecule has 0 spiro atoms. The summed E-state index contributed by atoms with van der Waals surface area (Å²) in [7, 11) is -3.05. The number of fused-ring (bicyclic) bond motifs is 1. The molecule has 2 fully saturated rings. The van der Waals surface area contributed by atoms with Gasteiger partial charge in [0, 0.05) is 37.6 Å². The smallest absolute Gasteiger partial charge is 0.230 e. The minimum atomic E-state index is -3.05. The lowest BCUT2D eigenvalue weighted by molar-refractivity contribution is 0.00791. The molecule has 0 bridgehead atoms. The summed E-state index contributed by atoms with van der Waals surface area (Å²) in [5.41, 5.74) is 1.51. The van der Waals surface area contributed by atoms with Crippen LogP contribution in [0, 0.1) is 6.92 Å². The second-order valence-electron chi connectivity index (χ2n) is 9.33.